The number of rotatable bonds is 9. The first kappa shape index (κ1) is 23.7. The van der Waals surface area contributed by atoms with Gasteiger partial charge in [0.15, 0.2) is 5.82 Å². The summed E-state index contributed by atoms with van der Waals surface area (Å²) < 4.78 is 16.5. The maximum Gasteiger partial charge on any atom is 0.324 e. The van der Waals surface area contributed by atoms with Gasteiger partial charge in [-0.3, -0.25) is 4.99 Å². The Labute approximate surface area is 206 Å². The molecule has 35 heavy (non-hydrogen) atoms. The Morgan fingerprint density at radius 1 is 1.20 bits per heavy atom. The van der Waals surface area contributed by atoms with Crippen LogP contribution in [0.1, 0.15) is 50.4 Å². The Hall–Kier alpha value is -3.01. The topological polar surface area (TPSA) is 101 Å². The Morgan fingerprint density at radius 2 is 2.06 bits per heavy atom. The zero-order valence-corrected chi connectivity index (χ0v) is 20.9. The summed E-state index contributed by atoms with van der Waals surface area (Å²) in [5.74, 6) is 3.65. The highest BCUT2D eigenvalue weighted by Crippen LogP contribution is 2.50. The summed E-state index contributed by atoms with van der Waals surface area (Å²) >= 11 is 0. The van der Waals surface area contributed by atoms with Crippen LogP contribution in [0, 0.1) is 24.7 Å². The average molecular weight is 482 g/mol. The van der Waals surface area contributed by atoms with Crippen molar-refractivity contribution < 1.29 is 14.0 Å². The molecule has 0 aromatic carbocycles. The molecule has 2 aliphatic heterocycles. The van der Waals surface area contributed by atoms with E-state index < -0.39 is 0 Å². The van der Waals surface area contributed by atoms with Crippen LogP contribution < -0.4 is 14.6 Å². The minimum absolute atomic E-state index is 0.381. The molecule has 2 aromatic heterocycles. The van der Waals surface area contributed by atoms with Gasteiger partial charge >= 0.3 is 6.01 Å². The highest BCUT2D eigenvalue weighted by atomic mass is 16.5. The summed E-state index contributed by atoms with van der Waals surface area (Å²) in [4.78, 5) is 15.6. The number of ether oxygens (including phenoxy) is 2. The van der Waals surface area contributed by atoms with E-state index in [1.807, 2.05) is 20.0 Å². The minimum atomic E-state index is 0.381. The number of piperidine rings is 1. The lowest BCUT2D eigenvalue weighted by Gasteiger charge is -2.30. The molecule has 2 aromatic rings. The van der Waals surface area contributed by atoms with Gasteiger partial charge in [0.1, 0.15) is 12.9 Å². The largest absolute Gasteiger partial charge is 0.477 e. The van der Waals surface area contributed by atoms with Crippen LogP contribution >= 0.6 is 0 Å². The van der Waals surface area contributed by atoms with Gasteiger partial charge in [0.05, 0.1) is 18.5 Å². The molecule has 10 heteroatoms. The number of methoxy groups -OCH3 is 1. The highest BCUT2D eigenvalue weighted by molar-refractivity contribution is 5.89. The Bertz CT molecular complexity index is 1060. The molecule has 2 fully saturated rings. The predicted molar refractivity (Wildman–Crippen MR) is 134 cm³/mol. The standard InChI is InChI=1S/C25H35N7O3/c1-17-12-21(32-16-26-8-4-18(2)29-32)14-27-24(17)34-11-7-20-13-22(20)19-5-9-31(10-6-19)25-28-23(15-33-3)30-35-25/h12,14,16,19-20,22H,4-11,13,15H2,1-3H3. The van der Waals surface area contributed by atoms with E-state index >= 15 is 0 Å². The maximum absolute atomic E-state index is 6.06. The summed E-state index contributed by atoms with van der Waals surface area (Å²) in [7, 11) is 1.63. The minimum Gasteiger partial charge on any atom is -0.477 e. The summed E-state index contributed by atoms with van der Waals surface area (Å²) in [5.41, 5.74) is 2.99. The summed E-state index contributed by atoms with van der Waals surface area (Å²) in [5, 5.41) is 10.4. The van der Waals surface area contributed by atoms with Crippen LogP contribution in [0.25, 0.3) is 0 Å². The van der Waals surface area contributed by atoms with Gasteiger partial charge in [-0.05, 0) is 63.4 Å². The lowest BCUT2D eigenvalue weighted by atomic mass is 9.91. The van der Waals surface area contributed by atoms with Crippen molar-refractivity contribution in [2.75, 3.05) is 43.3 Å². The number of aryl methyl sites for hydroxylation is 1. The summed E-state index contributed by atoms with van der Waals surface area (Å²) in [6, 6.07) is 2.68. The number of anilines is 2. The van der Waals surface area contributed by atoms with E-state index in [2.05, 4.69) is 36.2 Å². The molecule has 0 bridgehead atoms. The van der Waals surface area contributed by atoms with Gasteiger partial charge in [-0.1, -0.05) is 5.16 Å². The molecule has 4 heterocycles. The fourth-order valence-electron chi connectivity index (χ4n) is 5.14. The number of nitrogens with zero attached hydrogens (tertiary/aromatic N) is 7. The number of hydrogen-bond donors (Lipinski definition) is 0. The smallest absolute Gasteiger partial charge is 0.324 e. The summed E-state index contributed by atoms with van der Waals surface area (Å²) in [6.45, 7) is 7.87. The molecule has 1 aliphatic carbocycles. The molecule has 5 rings (SSSR count). The monoisotopic (exact) mass is 481 g/mol. The Morgan fingerprint density at radius 3 is 2.86 bits per heavy atom. The van der Waals surface area contributed by atoms with Crippen LogP contribution in [0.5, 0.6) is 5.88 Å². The zero-order valence-electron chi connectivity index (χ0n) is 20.9. The molecule has 0 amide bonds. The van der Waals surface area contributed by atoms with Gasteiger partial charge < -0.3 is 18.9 Å². The second-order valence-electron chi connectivity index (χ2n) is 9.81. The van der Waals surface area contributed by atoms with Crippen molar-refractivity contribution >= 4 is 23.8 Å². The molecule has 10 nitrogen and oxygen atoms in total. The van der Waals surface area contributed by atoms with Gasteiger partial charge in [-0.25, -0.2) is 9.99 Å². The van der Waals surface area contributed by atoms with Crippen LogP contribution in [0.4, 0.5) is 11.7 Å². The molecule has 3 aliphatic rings. The number of aromatic nitrogens is 3. The molecule has 0 N–H and O–H groups in total. The van der Waals surface area contributed by atoms with Crippen LogP contribution in [0.15, 0.2) is 26.9 Å². The van der Waals surface area contributed by atoms with E-state index in [-0.39, 0.29) is 0 Å². The van der Waals surface area contributed by atoms with E-state index in [4.69, 9.17) is 14.0 Å². The first-order valence-electron chi connectivity index (χ1n) is 12.6. The van der Waals surface area contributed by atoms with Gasteiger partial charge in [0.2, 0.25) is 5.88 Å². The molecule has 0 spiro atoms. The molecule has 1 saturated carbocycles. The van der Waals surface area contributed by atoms with Crippen LogP contribution in [0.2, 0.25) is 0 Å². The van der Waals surface area contributed by atoms with Crippen LogP contribution in [0.3, 0.4) is 0 Å². The van der Waals surface area contributed by atoms with Crippen LogP contribution in [-0.4, -0.2) is 60.5 Å². The van der Waals surface area contributed by atoms with E-state index in [1.54, 1.807) is 18.5 Å². The van der Waals surface area contributed by atoms with E-state index in [1.165, 1.54) is 19.3 Å². The van der Waals surface area contributed by atoms with Gasteiger partial charge in [0.25, 0.3) is 0 Å². The number of hydrogen-bond acceptors (Lipinski definition) is 10. The third kappa shape index (κ3) is 5.80. The molecular weight excluding hydrogens is 446 g/mol. The van der Waals surface area contributed by atoms with Crippen molar-refractivity contribution in [2.24, 2.45) is 27.8 Å². The van der Waals surface area contributed by atoms with Gasteiger partial charge in [-0.15, -0.1) is 0 Å². The average Bonchev–Trinajstić information content (AvgIpc) is 3.55. The van der Waals surface area contributed by atoms with E-state index in [0.29, 0.717) is 30.9 Å². The molecule has 2 unspecified atom stereocenters. The Kier molecular flexibility index (Phi) is 7.26. The van der Waals surface area contributed by atoms with E-state index in [0.717, 1.165) is 67.2 Å². The number of aliphatic imine (C=N–C) groups is 1. The molecule has 188 valence electrons. The van der Waals surface area contributed by atoms with Gasteiger partial charge in [-0.2, -0.15) is 10.1 Å². The molecule has 0 radical (unpaired) electrons. The first-order valence-corrected chi connectivity index (χ1v) is 12.6. The van der Waals surface area contributed by atoms with Crippen molar-refractivity contribution in [3.63, 3.8) is 0 Å². The van der Waals surface area contributed by atoms with Crippen molar-refractivity contribution in [2.45, 2.75) is 52.6 Å². The van der Waals surface area contributed by atoms with Gasteiger partial charge in [0, 0.05) is 44.4 Å². The third-order valence-corrected chi connectivity index (χ3v) is 7.20. The van der Waals surface area contributed by atoms with E-state index in [9.17, 15) is 0 Å². The second kappa shape index (κ2) is 10.7. The number of hydrazone groups is 1. The predicted octanol–water partition coefficient (Wildman–Crippen LogP) is 3.86. The summed E-state index contributed by atoms with van der Waals surface area (Å²) in [6.07, 6.45) is 9.21. The second-order valence-corrected chi connectivity index (χ2v) is 9.81. The van der Waals surface area contributed by atoms with Crippen molar-refractivity contribution in [3.8, 4) is 5.88 Å². The molecule has 2 atom stereocenters. The molecule has 1 saturated heterocycles. The van der Waals surface area contributed by atoms with Crippen LogP contribution in [-0.2, 0) is 11.3 Å². The SMILES string of the molecule is COCc1noc(N2CCC(C3CC3CCOc3ncc(N4C=NCCC(C)=N4)cc3C)CC2)n1. The molecular formula is C25H35N7O3. The highest BCUT2D eigenvalue weighted by Gasteiger charge is 2.43. The Balaban J connectivity index is 1.05. The third-order valence-electron chi connectivity index (χ3n) is 7.20. The number of pyridine rings is 1. The fourth-order valence-corrected chi connectivity index (χ4v) is 5.14. The van der Waals surface area contributed by atoms with Crippen molar-refractivity contribution in [1.29, 1.82) is 0 Å². The zero-order chi connectivity index (χ0) is 24.2. The normalized spacial score (nSPS) is 22.8. The fraction of sp³-hybridized carbons (Fsp3) is 0.640. The quantitative estimate of drug-likeness (QED) is 0.532. The lowest BCUT2D eigenvalue weighted by Crippen LogP contribution is -2.34. The maximum atomic E-state index is 6.06. The first-order chi connectivity index (χ1) is 17.1. The van der Waals surface area contributed by atoms with Crippen molar-refractivity contribution in [1.82, 2.24) is 15.1 Å². The van der Waals surface area contributed by atoms with Crippen molar-refractivity contribution in [3.05, 3.63) is 23.7 Å². The lowest BCUT2D eigenvalue weighted by molar-refractivity contribution is 0.174.